The van der Waals surface area contributed by atoms with E-state index in [9.17, 15) is 14.7 Å². The van der Waals surface area contributed by atoms with Crippen LogP contribution in [0.4, 0.5) is 0 Å². The van der Waals surface area contributed by atoms with Crippen LogP contribution in [0.2, 0.25) is 0 Å². The molecular weight excluding hydrogens is 188 g/mol. The predicted octanol–water partition coefficient (Wildman–Crippen LogP) is 0.718. The molecule has 0 unspecified atom stereocenters. The molecule has 0 aliphatic rings. The first kappa shape index (κ1) is 10.0. The molecule has 14 heavy (non-hydrogen) atoms. The van der Waals surface area contributed by atoms with E-state index in [1.807, 2.05) is 0 Å². The summed E-state index contributed by atoms with van der Waals surface area (Å²) in [6.07, 6.45) is -0.506. The van der Waals surface area contributed by atoms with Crippen LogP contribution >= 0.6 is 0 Å². The van der Waals surface area contributed by atoms with Crippen molar-refractivity contribution in [3.8, 4) is 5.75 Å². The first-order chi connectivity index (χ1) is 6.52. The lowest BCUT2D eigenvalue weighted by molar-refractivity contribution is -0.136. The van der Waals surface area contributed by atoms with Crippen LogP contribution in [0.3, 0.4) is 0 Å². The number of aromatic carboxylic acids is 1. The molecule has 0 amide bonds. The number of carbonyl (C=O) groups is 2. The van der Waals surface area contributed by atoms with Gasteiger partial charge in [-0.15, -0.1) is 0 Å². The summed E-state index contributed by atoms with van der Waals surface area (Å²) < 4.78 is 0. The van der Waals surface area contributed by atoms with Crippen LogP contribution in [0.25, 0.3) is 0 Å². The first-order valence-corrected chi connectivity index (χ1v) is 3.78. The number of carboxylic acids is 2. The van der Waals surface area contributed by atoms with Crippen molar-refractivity contribution in [1.82, 2.24) is 0 Å². The summed E-state index contributed by atoms with van der Waals surface area (Å²) >= 11 is 0. The Kier molecular flexibility index (Phi) is 2.71. The van der Waals surface area contributed by atoms with Gasteiger partial charge in [0.1, 0.15) is 5.75 Å². The van der Waals surface area contributed by atoms with Crippen molar-refractivity contribution < 1.29 is 24.9 Å². The summed E-state index contributed by atoms with van der Waals surface area (Å²) in [6, 6.07) is 3.86. The highest BCUT2D eigenvalue weighted by Crippen LogP contribution is 2.21. The van der Waals surface area contributed by atoms with E-state index in [0.717, 1.165) is 0 Å². The quantitative estimate of drug-likeness (QED) is 0.662. The summed E-state index contributed by atoms with van der Waals surface area (Å²) in [6.45, 7) is 0. The van der Waals surface area contributed by atoms with Gasteiger partial charge in [0.05, 0.1) is 12.0 Å². The molecule has 0 bridgehead atoms. The lowest BCUT2D eigenvalue weighted by atomic mass is 10.0. The van der Waals surface area contributed by atoms with Crippen molar-refractivity contribution in [1.29, 1.82) is 0 Å². The van der Waals surface area contributed by atoms with Crippen molar-refractivity contribution in [3.05, 3.63) is 29.3 Å². The number of benzene rings is 1. The molecule has 0 spiro atoms. The lowest BCUT2D eigenvalue weighted by Gasteiger charge is -2.05. The second-order valence-electron chi connectivity index (χ2n) is 2.68. The van der Waals surface area contributed by atoms with E-state index in [4.69, 9.17) is 10.2 Å². The average molecular weight is 196 g/mol. The first-order valence-electron chi connectivity index (χ1n) is 3.78. The fourth-order valence-electron chi connectivity index (χ4n) is 1.11. The van der Waals surface area contributed by atoms with E-state index in [1.165, 1.54) is 18.2 Å². The maximum absolute atomic E-state index is 10.7. The monoisotopic (exact) mass is 196 g/mol. The molecule has 1 aromatic carbocycles. The van der Waals surface area contributed by atoms with Crippen LogP contribution < -0.4 is 0 Å². The minimum absolute atomic E-state index is 0.0764. The number of carboxylic acid groups (broad SMARTS) is 2. The molecule has 0 aromatic heterocycles. The minimum atomic E-state index is -1.25. The summed E-state index contributed by atoms with van der Waals surface area (Å²) in [5, 5.41) is 26.5. The second kappa shape index (κ2) is 3.78. The normalized spacial score (nSPS) is 9.71. The average Bonchev–Trinajstić information content (AvgIpc) is 2.07. The van der Waals surface area contributed by atoms with Crippen molar-refractivity contribution in [2.24, 2.45) is 0 Å². The van der Waals surface area contributed by atoms with Gasteiger partial charge in [-0.05, 0) is 12.1 Å². The topological polar surface area (TPSA) is 94.8 Å². The molecule has 0 saturated carbocycles. The van der Waals surface area contributed by atoms with E-state index in [2.05, 4.69) is 0 Å². The summed E-state index contributed by atoms with van der Waals surface area (Å²) in [4.78, 5) is 21.0. The zero-order valence-corrected chi connectivity index (χ0v) is 7.10. The maximum Gasteiger partial charge on any atom is 0.336 e. The Morgan fingerprint density at radius 1 is 1.21 bits per heavy atom. The Balaban J connectivity index is 3.22. The predicted molar refractivity (Wildman–Crippen MR) is 46.4 cm³/mol. The maximum atomic E-state index is 10.7. The highest BCUT2D eigenvalue weighted by molar-refractivity contribution is 5.91. The molecule has 0 aliphatic carbocycles. The molecular formula is C9H8O5. The van der Waals surface area contributed by atoms with Crippen molar-refractivity contribution >= 4 is 11.9 Å². The number of hydrogen-bond acceptors (Lipinski definition) is 3. The van der Waals surface area contributed by atoms with Crippen LogP contribution in [0.15, 0.2) is 18.2 Å². The molecule has 0 aliphatic heterocycles. The van der Waals surface area contributed by atoms with Crippen LogP contribution in [0.1, 0.15) is 15.9 Å². The van der Waals surface area contributed by atoms with Crippen LogP contribution in [-0.2, 0) is 11.2 Å². The van der Waals surface area contributed by atoms with E-state index in [-0.39, 0.29) is 16.9 Å². The van der Waals surface area contributed by atoms with Gasteiger partial charge in [-0.25, -0.2) is 4.79 Å². The third kappa shape index (κ3) is 2.01. The van der Waals surface area contributed by atoms with Gasteiger partial charge >= 0.3 is 11.9 Å². The van der Waals surface area contributed by atoms with E-state index < -0.39 is 18.4 Å². The zero-order valence-electron chi connectivity index (χ0n) is 7.10. The van der Waals surface area contributed by atoms with Gasteiger partial charge in [0, 0.05) is 5.56 Å². The number of rotatable bonds is 3. The summed E-state index contributed by atoms with van der Waals surface area (Å²) in [7, 11) is 0. The summed E-state index contributed by atoms with van der Waals surface area (Å²) in [5.74, 6) is -2.75. The zero-order chi connectivity index (χ0) is 10.7. The third-order valence-corrected chi connectivity index (χ3v) is 1.71. The largest absolute Gasteiger partial charge is 0.508 e. The van der Waals surface area contributed by atoms with Gasteiger partial charge in [-0.2, -0.15) is 0 Å². The lowest BCUT2D eigenvalue weighted by Crippen LogP contribution is -2.07. The number of aromatic hydroxyl groups is 1. The van der Waals surface area contributed by atoms with Gasteiger partial charge < -0.3 is 15.3 Å². The molecule has 3 N–H and O–H groups in total. The van der Waals surface area contributed by atoms with Crippen molar-refractivity contribution in [2.75, 3.05) is 0 Å². The fourth-order valence-corrected chi connectivity index (χ4v) is 1.11. The molecule has 0 saturated heterocycles. The van der Waals surface area contributed by atoms with Crippen molar-refractivity contribution in [3.63, 3.8) is 0 Å². The molecule has 0 radical (unpaired) electrons. The van der Waals surface area contributed by atoms with Gasteiger partial charge in [0.2, 0.25) is 0 Å². The fraction of sp³-hybridized carbons (Fsp3) is 0.111. The Bertz CT molecular complexity index is 383. The third-order valence-electron chi connectivity index (χ3n) is 1.71. The molecule has 5 nitrogen and oxygen atoms in total. The highest BCUT2D eigenvalue weighted by atomic mass is 16.4. The van der Waals surface area contributed by atoms with Gasteiger partial charge in [-0.1, -0.05) is 6.07 Å². The minimum Gasteiger partial charge on any atom is -0.508 e. The Labute approximate surface area is 79.2 Å². The molecule has 1 aromatic rings. The molecule has 74 valence electrons. The Hall–Kier alpha value is -2.04. The molecule has 1 rings (SSSR count). The number of phenolic OH excluding ortho intramolecular Hbond substituents is 1. The standard InChI is InChI=1S/C9H8O5/c10-7-3-1-2-5(9(13)14)6(7)4-8(11)12/h1-3,10H,4H2,(H,11,12)(H,13,14). The molecule has 5 heteroatoms. The van der Waals surface area contributed by atoms with Crippen LogP contribution in [0, 0.1) is 0 Å². The number of phenols is 1. The van der Waals surface area contributed by atoms with Crippen LogP contribution in [0.5, 0.6) is 5.75 Å². The number of hydrogen-bond donors (Lipinski definition) is 3. The van der Waals surface area contributed by atoms with E-state index in [0.29, 0.717) is 0 Å². The molecule has 0 fully saturated rings. The second-order valence-corrected chi connectivity index (χ2v) is 2.68. The Morgan fingerprint density at radius 2 is 1.86 bits per heavy atom. The smallest absolute Gasteiger partial charge is 0.336 e. The van der Waals surface area contributed by atoms with E-state index >= 15 is 0 Å². The highest BCUT2D eigenvalue weighted by Gasteiger charge is 2.15. The van der Waals surface area contributed by atoms with Crippen LogP contribution in [-0.4, -0.2) is 27.3 Å². The summed E-state index contributed by atoms with van der Waals surface area (Å²) in [5.41, 5.74) is -0.264. The van der Waals surface area contributed by atoms with Gasteiger partial charge in [-0.3, -0.25) is 4.79 Å². The van der Waals surface area contributed by atoms with Crippen molar-refractivity contribution in [2.45, 2.75) is 6.42 Å². The molecule has 0 heterocycles. The SMILES string of the molecule is O=C(O)Cc1c(O)cccc1C(=O)O. The molecule has 0 atom stereocenters. The number of aliphatic carboxylic acids is 1. The van der Waals surface area contributed by atoms with Gasteiger partial charge in [0.15, 0.2) is 0 Å². The van der Waals surface area contributed by atoms with E-state index in [1.54, 1.807) is 0 Å². The Morgan fingerprint density at radius 3 is 2.36 bits per heavy atom. The van der Waals surface area contributed by atoms with Gasteiger partial charge in [0.25, 0.3) is 0 Å².